The van der Waals surface area contributed by atoms with Crippen molar-refractivity contribution < 1.29 is 4.79 Å². The smallest absolute Gasteiger partial charge is 0.138 e. The van der Waals surface area contributed by atoms with Crippen molar-refractivity contribution in [3.8, 4) is 0 Å². The van der Waals surface area contributed by atoms with Gasteiger partial charge in [-0.25, -0.2) is 0 Å². The first kappa shape index (κ1) is 14.7. The van der Waals surface area contributed by atoms with Crippen LogP contribution in [0.5, 0.6) is 0 Å². The Kier molecular flexibility index (Phi) is 5.18. The van der Waals surface area contributed by atoms with Crippen LogP contribution in [0.3, 0.4) is 0 Å². The van der Waals surface area contributed by atoms with Crippen LogP contribution in [0.1, 0.15) is 66.7 Å². The van der Waals surface area contributed by atoms with E-state index in [0.29, 0.717) is 23.8 Å². The number of carbonyl (C=O) groups is 1. The zero-order valence-electron chi connectivity index (χ0n) is 12.2. The second kappa shape index (κ2) is 5.99. The highest BCUT2D eigenvalue weighted by Gasteiger charge is 2.27. The van der Waals surface area contributed by atoms with Crippen molar-refractivity contribution in [2.45, 2.75) is 78.8 Å². The van der Waals surface area contributed by atoms with Crippen molar-refractivity contribution in [1.82, 2.24) is 5.32 Å². The second-order valence-electron chi connectivity index (χ2n) is 6.92. The summed E-state index contributed by atoms with van der Waals surface area (Å²) in [6.07, 6.45) is 5.69. The van der Waals surface area contributed by atoms with Gasteiger partial charge in [0.2, 0.25) is 0 Å². The molecular formula is C15H29NO. The van der Waals surface area contributed by atoms with E-state index in [0.717, 1.165) is 6.42 Å². The van der Waals surface area contributed by atoms with Gasteiger partial charge in [0, 0.05) is 23.9 Å². The van der Waals surface area contributed by atoms with Crippen molar-refractivity contribution >= 4 is 5.78 Å². The lowest BCUT2D eigenvalue weighted by Gasteiger charge is -2.31. The van der Waals surface area contributed by atoms with E-state index in [1.165, 1.54) is 25.7 Å². The number of hydrogen-bond donors (Lipinski definition) is 1. The van der Waals surface area contributed by atoms with Crippen molar-refractivity contribution in [2.24, 2.45) is 11.3 Å². The Labute approximate surface area is 107 Å². The fourth-order valence-electron chi connectivity index (χ4n) is 2.57. The Morgan fingerprint density at radius 2 is 1.71 bits per heavy atom. The number of nitrogens with one attached hydrogen (secondary N) is 1. The number of rotatable bonds is 4. The summed E-state index contributed by atoms with van der Waals surface area (Å²) in [6.45, 7) is 10.5. The van der Waals surface area contributed by atoms with E-state index < -0.39 is 0 Å². The van der Waals surface area contributed by atoms with E-state index in [9.17, 15) is 4.79 Å². The summed E-state index contributed by atoms with van der Waals surface area (Å²) in [4.78, 5) is 12.0. The maximum absolute atomic E-state index is 12.0. The fraction of sp³-hybridized carbons (Fsp3) is 0.933. The predicted molar refractivity (Wildman–Crippen MR) is 73.1 cm³/mol. The Balaban J connectivity index is 2.30. The molecule has 100 valence electrons. The molecule has 1 rings (SSSR count). The number of carbonyl (C=O) groups excluding carboxylic acids is 1. The zero-order chi connectivity index (χ0) is 13.1. The molecule has 0 bridgehead atoms. The van der Waals surface area contributed by atoms with Crippen LogP contribution in [-0.2, 0) is 4.79 Å². The van der Waals surface area contributed by atoms with Crippen LogP contribution < -0.4 is 5.32 Å². The highest BCUT2D eigenvalue weighted by Crippen LogP contribution is 2.30. The second-order valence-corrected chi connectivity index (χ2v) is 6.92. The highest BCUT2D eigenvalue weighted by atomic mass is 16.1. The van der Waals surface area contributed by atoms with E-state index >= 15 is 0 Å². The van der Waals surface area contributed by atoms with Gasteiger partial charge in [-0.3, -0.25) is 4.79 Å². The van der Waals surface area contributed by atoms with Crippen LogP contribution in [-0.4, -0.2) is 17.9 Å². The van der Waals surface area contributed by atoms with E-state index in [-0.39, 0.29) is 5.41 Å². The predicted octanol–water partition coefficient (Wildman–Crippen LogP) is 3.55. The molecule has 0 aromatic carbocycles. The molecule has 0 aliphatic heterocycles. The first-order valence-electron chi connectivity index (χ1n) is 7.08. The van der Waals surface area contributed by atoms with Gasteiger partial charge in [0.25, 0.3) is 0 Å². The normalized spacial score (nSPS) is 26.2. The lowest BCUT2D eigenvalue weighted by molar-refractivity contribution is -0.127. The van der Waals surface area contributed by atoms with Gasteiger partial charge >= 0.3 is 0 Å². The third-order valence-electron chi connectivity index (χ3n) is 3.73. The van der Waals surface area contributed by atoms with E-state index in [4.69, 9.17) is 0 Å². The topological polar surface area (TPSA) is 29.1 Å². The third-order valence-corrected chi connectivity index (χ3v) is 3.73. The van der Waals surface area contributed by atoms with E-state index in [1.54, 1.807) is 0 Å². The van der Waals surface area contributed by atoms with Crippen LogP contribution in [0.2, 0.25) is 0 Å². The van der Waals surface area contributed by atoms with Gasteiger partial charge in [-0.15, -0.1) is 0 Å². The Hall–Kier alpha value is -0.370. The highest BCUT2D eigenvalue weighted by molar-refractivity contribution is 5.83. The van der Waals surface area contributed by atoms with Crippen LogP contribution in [0.25, 0.3) is 0 Å². The summed E-state index contributed by atoms with van der Waals surface area (Å²) in [6, 6.07) is 1.25. The first-order valence-corrected chi connectivity index (χ1v) is 7.08. The molecule has 0 radical (unpaired) electrons. The van der Waals surface area contributed by atoms with Crippen LogP contribution >= 0.6 is 0 Å². The molecule has 1 aliphatic rings. The molecule has 17 heavy (non-hydrogen) atoms. The Morgan fingerprint density at radius 3 is 2.12 bits per heavy atom. The third kappa shape index (κ3) is 5.20. The van der Waals surface area contributed by atoms with Gasteiger partial charge in [-0.2, -0.15) is 0 Å². The summed E-state index contributed by atoms with van der Waals surface area (Å²) < 4.78 is 0. The van der Waals surface area contributed by atoms with Crippen molar-refractivity contribution in [2.75, 3.05) is 0 Å². The maximum Gasteiger partial charge on any atom is 0.138 e. The number of Topliss-reactive ketones (excluding diaryl/α,β-unsaturated/α-hetero) is 1. The summed E-state index contributed by atoms with van der Waals surface area (Å²) in [5.74, 6) is 1.06. The molecule has 1 N–H and O–H groups in total. The molecule has 0 heterocycles. The minimum Gasteiger partial charge on any atom is -0.312 e. The zero-order valence-corrected chi connectivity index (χ0v) is 12.2. The average molecular weight is 239 g/mol. The van der Waals surface area contributed by atoms with Crippen LogP contribution in [0.4, 0.5) is 0 Å². The number of ketones is 1. The number of hydrogen-bond acceptors (Lipinski definition) is 2. The SMILES string of the molecule is CC(C)NC1CCC(CC(=O)C(C)(C)C)CC1. The minimum absolute atomic E-state index is 0.160. The van der Waals surface area contributed by atoms with Gasteiger partial charge < -0.3 is 5.32 Å². The lowest BCUT2D eigenvalue weighted by Crippen LogP contribution is -2.38. The molecule has 0 amide bonds. The largest absolute Gasteiger partial charge is 0.312 e. The molecule has 2 nitrogen and oxygen atoms in total. The average Bonchev–Trinajstić information content (AvgIpc) is 2.18. The minimum atomic E-state index is -0.160. The molecule has 1 aliphatic carbocycles. The molecule has 1 saturated carbocycles. The molecular weight excluding hydrogens is 210 g/mol. The first-order chi connectivity index (χ1) is 7.79. The van der Waals surface area contributed by atoms with Crippen LogP contribution in [0, 0.1) is 11.3 Å². The molecule has 0 aromatic rings. The van der Waals surface area contributed by atoms with Crippen molar-refractivity contribution in [1.29, 1.82) is 0 Å². The van der Waals surface area contributed by atoms with Crippen LogP contribution in [0.15, 0.2) is 0 Å². The summed E-state index contributed by atoms with van der Waals surface area (Å²) >= 11 is 0. The van der Waals surface area contributed by atoms with Gasteiger partial charge in [-0.1, -0.05) is 34.6 Å². The van der Waals surface area contributed by atoms with Crippen molar-refractivity contribution in [3.05, 3.63) is 0 Å². The molecule has 0 saturated heterocycles. The molecule has 0 spiro atoms. The van der Waals surface area contributed by atoms with Gasteiger partial charge in [0.1, 0.15) is 5.78 Å². The van der Waals surface area contributed by atoms with E-state index in [1.807, 2.05) is 20.8 Å². The van der Waals surface area contributed by atoms with Gasteiger partial charge in [0.05, 0.1) is 0 Å². The summed E-state index contributed by atoms with van der Waals surface area (Å²) in [5, 5.41) is 3.60. The molecule has 0 unspecified atom stereocenters. The van der Waals surface area contributed by atoms with Gasteiger partial charge in [-0.05, 0) is 31.6 Å². The fourth-order valence-corrected chi connectivity index (χ4v) is 2.57. The van der Waals surface area contributed by atoms with Gasteiger partial charge in [0.15, 0.2) is 0 Å². The van der Waals surface area contributed by atoms with Crippen molar-refractivity contribution in [3.63, 3.8) is 0 Å². The quantitative estimate of drug-likeness (QED) is 0.813. The molecule has 2 heteroatoms. The van der Waals surface area contributed by atoms with E-state index in [2.05, 4.69) is 19.2 Å². The standard InChI is InChI=1S/C15H29NO/c1-11(2)16-13-8-6-12(7-9-13)10-14(17)15(3,4)5/h11-13,16H,6-10H2,1-5H3. The maximum atomic E-state index is 12.0. The molecule has 1 fully saturated rings. The summed E-state index contributed by atoms with van der Waals surface area (Å²) in [7, 11) is 0. The molecule has 0 atom stereocenters. The monoisotopic (exact) mass is 239 g/mol. The lowest BCUT2D eigenvalue weighted by atomic mass is 9.78. The Bertz CT molecular complexity index is 244. The molecule has 0 aromatic heterocycles. The summed E-state index contributed by atoms with van der Waals surface area (Å²) in [5.41, 5.74) is -0.160. The Morgan fingerprint density at radius 1 is 1.18 bits per heavy atom.